The molecule has 10 heteroatoms. The SMILES string of the molecule is O=[N+]([O-])c1ccc(C=Nc2ccc(/N=N/c3ccc(N=Cc4ccc([N+](=O)[O-])cc4)cc3)cc2)cc1. The lowest BCUT2D eigenvalue weighted by atomic mass is 10.2. The van der Waals surface area contributed by atoms with Gasteiger partial charge in [0.15, 0.2) is 0 Å². The van der Waals surface area contributed by atoms with E-state index in [1.165, 1.54) is 24.3 Å². The predicted octanol–water partition coefficient (Wildman–Crippen LogP) is 7.42. The van der Waals surface area contributed by atoms with Crippen molar-refractivity contribution in [3.8, 4) is 0 Å². The molecule has 176 valence electrons. The molecule has 0 atom stereocenters. The van der Waals surface area contributed by atoms with Gasteiger partial charge in [-0.25, -0.2) is 0 Å². The van der Waals surface area contributed by atoms with Gasteiger partial charge >= 0.3 is 0 Å². The Labute approximate surface area is 205 Å². The van der Waals surface area contributed by atoms with Crippen LogP contribution in [0.1, 0.15) is 11.1 Å². The summed E-state index contributed by atoms with van der Waals surface area (Å²) in [6, 6.07) is 26.6. The number of hydrogen-bond donors (Lipinski definition) is 0. The minimum atomic E-state index is -0.443. The van der Waals surface area contributed by atoms with Gasteiger partial charge in [-0.1, -0.05) is 0 Å². The second-order valence-electron chi connectivity index (χ2n) is 7.45. The maximum atomic E-state index is 10.7. The normalized spacial score (nSPS) is 11.4. The molecule has 0 unspecified atom stereocenters. The average molecular weight is 478 g/mol. The van der Waals surface area contributed by atoms with E-state index in [4.69, 9.17) is 0 Å². The molecule has 0 aliphatic carbocycles. The molecule has 0 aliphatic rings. The first-order valence-electron chi connectivity index (χ1n) is 10.7. The zero-order valence-electron chi connectivity index (χ0n) is 18.7. The molecule has 0 fully saturated rings. The maximum Gasteiger partial charge on any atom is 0.269 e. The van der Waals surface area contributed by atoms with Crippen molar-refractivity contribution >= 4 is 46.6 Å². The number of nitro groups is 2. The molecule has 0 aliphatic heterocycles. The third kappa shape index (κ3) is 6.58. The number of aliphatic imine (C=N–C) groups is 2. The van der Waals surface area contributed by atoms with Crippen molar-refractivity contribution in [1.82, 2.24) is 0 Å². The smallest absolute Gasteiger partial charge is 0.258 e. The van der Waals surface area contributed by atoms with Gasteiger partial charge in [0.1, 0.15) is 0 Å². The molecule has 0 heterocycles. The van der Waals surface area contributed by atoms with Crippen LogP contribution in [0.3, 0.4) is 0 Å². The van der Waals surface area contributed by atoms with Gasteiger partial charge in [0, 0.05) is 36.7 Å². The highest BCUT2D eigenvalue weighted by molar-refractivity contribution is 5.83. The van der Waals surface area contributed by atoms with Gasteiger partial charge in [-0.05, 0) is 83.9 Å². The summed E-state index contributed by atoms with van der Waals surface area (Å²) in [5, 5.41) is 29.9. The summed E-state index contributed by atoms with van der Waals surface area (Å²) < 4.78 is 0. The summed E-state index contributed by atoms with van der Waals surface area (Å²) in [5.74, 6) is 0. The van der Waals surface area contributed by atoms with Crippen LogP contribution in [0.5, 0.6) is 0 Å². The minimum absolute atomic E-state index is 0.0338. The van der Waals surface area contributed by atoms with E-state index >= 15 is 0 Å². The van der Waals surface area contributed by atoms with Gasteiger partial charge in [0.25, 0.3) is 11.4 Å². The maximum absolute atomic E-state index is 10.7. The fourth-order valence-electron chi connectivity index (χ4n) is 2.99. The van der Waals surface area contributed by atoms with Crippen molar-refractivity contribution in [3.63, 3.8) is 0 Å². The molecule has 4 aromatic carbocycles. The Kier molecular flexibility index (Phi) is 7.37. The highest BCUT2D eigenvalue weighted by Gasteiger charge is 2.03. The number of hydrogen-bond acceptors (Lipinski definition) is 8. The van der Waals surface area contributed by atoms with Crippen LogP contribution in [0, 0.1) is 20.2 Å². The standard InChI is InChI=1S/C26H18N6O4/c33-31(34)25-13-1-19(2-14-25)17-27-21-5-9-23(10-6-21)29-30-24-11-7-22(8-12-24)28-18-20-3-15-26(16-4-20)32(35)36/h1-18H/b27-17?,28-18?,30-29+. The Bertz CT molecular complexity index is 1330. The van der Waals surface area contributed by atoms with Crippen molar-refractivity contribution in [3.05, 3.63) is 128 Å². The fraction of sp³-hybridized carbons (Fsp3) is 0. The summed E-state index contributed by atoms with van der Waals surface area (Å²) in [6.45, 7) is 0. The summed E-state index contributed by atoms with van der Waals surface area (Å²) in [4.78, 5) is 29.3. The van der Waals surface area contributed by atoms with Crippen LogP contribution in [0.2, 0.25) is 0 Å². The number of nitrogens with zero attached hydrogens (tertiary/aromatic N) is 6. The lowest BCUT2D eigenvalue weighted by molar-refractivity contribution is -0.385. The van der Waals surface area contributed by atoms with E-state index in [1.54, 1.807) is 85.2 Å². The predicted molar refractivity (Wildman–Crippen MR) is 138 cm³/mol. The third-order valence-corrected chi connectivity index (χ3v) is 4.91. The molecule has 0 amide bonds. The molecule has 4 rings (SSSR count). The Morgan fingerprint density at radius 3 is 1.08 bits per heavy atom. The molecule has 0 saturated carbocycles. The van der Waals surface area contributed by atoms with Crippen LogP contribution in [-0.4, -0.2) is 22.3 Å². The van der Waals surface area contributed by atoms with Gasteiger partial charge in [0.05, 0.1) is 32.6 Å². The van der Waals surface area contributed by atoms with Crippen molar-refractivity contribution in [2.24, 2.45) is 20.2 Å². The van der Waals surface area contributed by atoms with Crippen molar-refractivity contribution in [1.29, 1.82) is 0 Å². The number of benzene rings is 4. The van der Waals surface area contributed by atoms with E-state index in [0.29, 0.717) is 22.7 Å². The van der Waals surface area contributed by atoms with Gasteiger partial charge in [-0.15, -0.1) is 0 Å². The Balaban J connectivity index is 1.33. The van der Waals surface area contributed by atoms with E-state index in [0.717, 1.165) is 11.1 Å². The molecular weight excluding hydrogens is 460 g/mol. The highest BCUT2D eigenvalue weighted by Crippen LogP contribution is 2.24. The van der Waals surface area contributed by atoms with Gasteiger partial charge in [-0.3, -0.25) is 30.2 Å². The van der Waals surface area contributed by atoms with Gasteiger partial charge in [-0.2, -0.15) is 10.2 Å². The van der Waals surface area contributed by atoms with Crippen LogP contribution >= 0.6 is 0 Å². The Hall–Kier alpha value is -5.38. The quantitative estimate of drug-likeness (QED) is 0.113. The zero-order chi connectivity index (χ0) is 25.3. The number of rotatable bonds is 8. The van der Waals surface area contributed by atoms with Crippen molar-refractivity contribution in [2.45, 2.75) is 0 Å². The Morgan fingerprint density at radius 1 is 0.472 bits per heavy atom. The van der Waals surface area contributed by atoms with Gasteiger partial charge in [0.2, 0.25) is 0 Å². The highest BCUT2D eigenvalue weighted by atomic mass is 16.6. The lowest BCUT2D eigenvalue weighted by Crippen LogP contribution is -1.88. The molecule has 0 saturated heterocycles. The van der Waals surface area contributed by atoms with E-state index in [1.807, 2.05) is 0 Å². The monoisotopic (exact) mass is 478 g/mol. The number of non-ortho nitro benzene ring substituents is 2. The van der Waals surface area contributed by atoms with Crippen molar-refractivity contribution in [2.75, 3.05) is 0 Å². The van der Waals surface area contributed by atoms with Gasteiger partial charge < -0.3 is 0 Å². The second-order valence-corrected chi connectivity index (χ2v) is 7.45. The van der Waals surface area contributed by atoms with E-state index < -0.39 is 9.85 Å². The first kappa shape index (κ1) is 23.8. The summed E-state index contributed by atoms with van der Waals surface area (Å²) in [7, 11) is 0. The van der Waals surface area contributed by atoms with Crippen LogP contribution < -0.4 is 0 Å². The molecule has 0 N–H and O–H groups in total. The molecule has 0 spiro atoms. The summed E-state index contributed by atoms with van der Waals surface area (Å²) in [6.07, 6.45) is 3.26. The first-order valence-corrected chi connectivity index (χ1v) is 10.7. The van der Waals surface area contributed by atoms with Crippen LogP contribution in [-0.2, 0) is 0 Å². The molecule has 0 aromatic heterocycles. The lowest BCUT2D eigenvalue weighted by Gasteiger charge is -1.98. The van der Waals surface area contributed by atoms with Crippen LogP contribution in [0.15, 0.2) is 117 Å². The Morgan fingerprint density at radius 2 is 0.778 bits per heavy atom. The summed E-state index contributed by atoms with van der Waals surface area (Å²) >= 11 is 0. The van der Waals surface area contributed by atoms with E-state index in [2.05, 4.69) is 20.2 Å². The fourth-order valence-corrected chi connectivity index (χ4v) is 2.99. The summed E-state index contributed by atoms with van der Waals surface area (Å²) in [5.41, 5.74) is 4.31. The largest absolute Gasteiger partial charge is 0.269 e. The van der Waals surface area contributed by atoms with E-state index in [9.17, 15) is 20.2 Å². The average Bonchev–Trinajstić information content (AvgIpc) is 2.91. The molecule has 4 aromatic rings. The van der Waals surface area contributed by atoms with Crippen molar-refractivity contribution < 1.29 is 9.85 Å². The molecule has 0 radical (unpaired) electrons. The zero-order valence-corrected chi connectivity index (χ0v) is 18.7. The van der Waals surface area contributed by atoms with Crippen LogP contribution in [0.4, 0.5) is 34.1 Å². The third-order valence-electron chi connectivity index (χ3n) is 4.91. The number of azo groups is 1. The second kappa shape index (κ2) is 11.2. The minimum Gasteiger partial charge on any atom is -0.258 e. The number of nitro benzene ring substituents is 2. The molecule has 36 heavy (non-hydrogen) atoms. The first-order chi connectivity index (χ1) is 17.5. The molecular formula is C26H18N6O4. The van der Waals surface area contributed by atoms with E-state index in [-0.39, 0.29) is 11.4 Å². The van der Waals surface area contributed by atoms with Crippen LogP contribution in [0.25, 0.3) is 0 Å². The molecule has 0 bridgehead atoms. The molecule has 10 nitrogen and oxygen atoms in total. The topological polar surface area (TPSA) is 136 Å².